The number of aryl methyl sites for hydroxylation is 4. The molecule has 2 atom stereocenters. The molecule has 166 valence electrons. The Bertz CT molecular complexity index is 1140. The van der Waals surface area contributed by atoms with Crippen LogP contribution in [0.15, 0.2) is 41.8 Å². The summed E-state index contributed by atoms with van der Waals surface area (Å²) in [5.41, 5.74) is 4.32. The van der Waals surface area contributed by atoms with Crippen LogP contribution in [0.2, 0.25) is 0 Å². The van der Waals surface area contributed by atoms with Gasteiger partial charge in [-0.25, -0.2) is 14.1 Å². The fourth-order valence-electron chi connectivity index (χ4n) is 4.23. The van der Waals surface area contributed by atoms with Gasteiger partial charge in [0.15, 0.2) is 0 Å². The van der Waals surface area contributed by atoms with E-state index in [9.17, 15) is 18.8 Å². The number of nitrogens with zero attached hydrogens (tertiary/aromatic N) is 2. The molecule has 1 saturated heterocycles. The molecule has 0 aliphatic carbocycles. The number of thioether (sulfide) groups is 1. The van der Waals surface area contributed by atoms with Gasteiger partial charge in [-0.3, -0.25) is 9.59 Å². The second-order valence-electron chi connectivity index (χ2n) is 8.22. The number of rotatable bonds is 4. The van der Waals surface area contributed by atoms with E-state index >= 15 is 0 Å². The van der Waals surface area contributed by atoms with Crippen molar-refractivity contribution in [1.29, 1.82) is 0 Å². The zero-order chi connectivity index (χ0) is 23.2. The van der Waals surface area contributed by atoms with E-state index in [-0.39, 0.29) is 18.4 Å². The second-order valence-corrected chi connectivity index (χ2v) is 9.27. The highest BCUT2D eigenvalue weighted by atomic mass is 32.2. The normalized spacial score (nSPS) is 20.0. The van der Waals surface area contributed by atoms with E-state index in [1.54, 1.807) is 18.4 Å². The van der Waals surface area contributed by atoms with E-state index < -0.39 is 23.1 Å². The summed E-state index contributed by atoms with van der Waals surface area (Å²) in [6, 6.07) is 6.97. The number of urea groups is 1. The number of hydrogen-bond donors (Lipinski definition) is 1. The fourth-order valence-corrected chi connectivity index (χ4v) is 5.27. The fraction of sp³-hybridized carbons (Fsp3) is 0.292. The first-order chi connectivity index (χ1) is 15.2. The van der Waals surface area contributed by atoms with Crippen LogP contribution < -0.4 is 10.2 Å². The molecule has 0 saturated carbocycles. The smallest absolute Gasteiger partial charge is 0.324 e. The molecule has 2 aliphatic heterocycles. The molecule has 0 spiro atoms. The molecule has 2 aromatic rings. The summed E-state index contributed by atoms with van der Waals surface area (Å²) in [6.07, 6.45) is 1.77. The zero-order valence-electron chi connectivity index (χ0n) is 18.3. The number of anilines is 2. The average Bonchev–Trinajstić information content (AvgIpc) is 3.21. The van der Waals surface area contributed by atoms with E-state index in [4.69, 9.17) is 0 Å². The molecule has 1 N–H and O–H groups in total. The summed E-state index contributed by atoms with van der Waals surface area (Å²) in [4.78, 5) is 41.8. The topological polar surface area (TPSA) is 69.7 Å². The lowest BCUT2D eigenvalue weighted by Crippen LogP contribution is -2.63. The minimum absolute atomic E-state index is 0.207. The summed E-state index contributed by atoms with van der Waals surface area (Å²) in [6.45, 7) is 7.20. The van der Waals surface area contributed by atoms with Crippen molar-refractivity contribution in [2.45, 2.75) is 39.0 Å². The van der Waals surface area contributed by atoms with Crippen LogP contribution in [0.3, 0.4) is 0 Å². The Kier molecular flexibility index (Phi) is 5.81. The lowest BCUT2D eigenvalue weighted by molar-refractivity contribution is -0.121. The van der Waals surface area contributed by atoms with Crippen molar-refractivity contribution < 1.29 is 18.8 Å². The Morgan fingerprint density at radius 2 is 1.75 bits per heavy atom. The van der Waals surface area contributed by atoms with Crippen LogP contribution in [0.25, 0.3) is 0 Å². The van der Waals surface area contributed by atoms with Crippen molar-refractivity contribution >= 4 is 41.0 Å². The third kappa shape index (κ3) is 3.90. The van der Waals surface area contributed by atoms with Gasteiger partial charge in [0.2, 0.25) is 5.91 Å². The second kappa shape index (κ2) is 8.43. The molecule has 2 aliphatic rings. The molecular weight excluding hydrogens is 429 g/mol. The van der Waals surface area contributed by atoms with Gasteiger partial charge in [-0.05, 0) is 68.0 Å². The van der Waals surface area contributed by atoms with Gasteiger partial charge in [-0.1, -0.05) is 23.8 Å². The third-order valence-electron chi connectivity index (χ3n) is 5.73. The van der Waals surface area contributed by atoms with Gasteiger partial charge >= 0.3 is 6.03 Å². The molecule has 1 fully saturated rings. The molecule has 0 radical (unpaired) electrons. The molecule has 2 unspecified atom stereocenters. The Morgan fingerprint density at radius 3 is 2.41 bits per heavy atom. The lowest BCUT2D eigenvalue weighted by atomic mass is 10.0. The van der Waals surface area contributed by atoms with Crippen LogP contribution in [0.4, 0.5) is 20.6 Å². The molecular formula is C24H24FN3O3S. The Balaban J connectivity index is 1.61. The molecule has 32 heavy (non-hydrogen) atoms. The SMILES string of the molecule is Cc1cc(C)c(NC(=O)CN2C(=O)N(c3ccc(F)c(C)c3)C(=O)C3SC=CC32)c(C)c1. The predicted octanol–water partition coefficient (Wildman–Crippen LogP) is 4.46. The summed E-state index contributed by atoms with van der Waals surface area (Å²) in [5, 5.41) is 4.15. The minimum atomic E-state index is -0.595. The van der Waals surface area contributed by atoms with Gasteiger partial charge in [0.1, 0.15) is 17.6 Å². The van der Waals surface area contributed by atoms with Crippen LogP contribution >= 0.6 is 11.8 Å². The summed E-state index contributed by atoms with van der Waals surface area (Å²) in [5.74, 6) is -1.13. The molecule has 2 heterocycles. The molecule has 0 bridgehead atoms. The van der Waals surface area contributed by atoms with Gasteiger partial charge < -0.3 is 10.2 Å². The highest BCUT2D eigenvalue weighted by molar-refractivity contribution is 8.03. The van der Waals surface area contributed by atoms with Crippen LogP contribution in [0.5, 0.6) is 0 Å². The van der Waals surface area contributed by atoms with Crippen LogP contribution in [0, 0.1) is 33.5 Å². The number of fused-ring (bicyclic) bond motifs is 1. The van der Waals surface area contributed by atoms with Gasteiger partial charge in [0.05, 0.1) is 11.7 Å². The van der Waals surface area contributed by atoms with Crippen molar-refractivity contribution in [2.24, 2.45) is 0 Å². The van der Waals surface area contributed by atoms with E-state index in [2.05, 4.69) is 5.32 Å². The van der Waals surface area contributed by atoms with Crippen molar-refractivity contribution in [2.75, 3.05) is 16.8 Å². The molecule has 4 rings (SSSR count). The maximum Gasteiger partial charge on any atom is 0.332 e. The van der Waals surface area contributed by atoms with Gasteiger partial charge in [-0.15, -0.1) is 11.8 Å². The first kappa shape index (κ1) is 22.1. The van der Waals surface area contributed by atoms with Crippen LogP contribution in [-0.2, 0) is 9.59 Å². The van der Waals surface area contributed by atoms with Crippen molar-refractivity contribution in [3.05, 3.63) is 69.9 Å². The monoisotopic (exact) mass is 453 g/mol. The molecule has 2 aromatic carbocycles. The Morgan fingerprint density at radius 1 is 1.06 bits per heavy atom. The number of halogens is 1. The Labute approximate surface area is 190 Å². The maximum absolute atomic E-state index is 13.8. The van der Waals surface area contributed by atoms with E-state index in [0.29, 0.717) is 11.3 Å². The van der Waals surface area contributed by atoms with E-state index in [1.165, 1.54) is 34.9 Å². The quantitative estimate of drug-likeness (QED) is 0.742. The highest BCUT2D eigenvalue weighted by Crippen LogP contribution is 2.36. The number of imide groups is 1. The number of carbonyl (C=O) groups is 3. The molecule has 4 amide bonds. The van der Waals surface area contributed by atoms with Crippen molar-refractivity contribution in [3.63, 3.8) is 0 Å². The summed E-state index contributed by atoms with van der Waals surface area (Å²) < 4.78 is 13.8. The number of benzene rings is 2. The predicted molar refractivity (Wildman–Crippen MR) is 124 cm³/mol. The standard InChI is InChI=1S/C24H24FN3O3S/c1-13-9-15(3)21(16(4)10-13)26-20(29)12-27-19-7-8-32-22(19)23(30)28(24(27)31)17-5-6-18(25)14(2)11-17/h5-11,19,22H,12H2,1-4H3,(H,26,29). The number of hydrogen-bond acceptors (Lipinski definition) is 4. The number of carbonyl (C=O) groups excluding carboxylic acids is 3. The van der Waals surface area contributed by atoms with Gasteiger partial charge in [0.25, 0.3) is 5.91 Å². The highest BCUT2D eigenvalue weighted by Gasteiger charge is 2.48. The minimum Gasteiger partial charge on any atom is -0.324 e. The maximum atomic E-state index is 13.8. The first-order valence-electron chi connectivity index (χ1n) is 10.3. The average molecular weight is 454 g/mol. The number of nitrogens with one attached hydrogen (secondary N) is 1. The van der Waals surface area contributed by atoms with Crippen LogP contribution in [-0.4, -0.2) is 40.6 Å². The zero-order valence-corrected chi connectivity index (χ0v) is 19.1. The summed E-state index contributed by atoms with van der Waals surface area (Å²) >= 11 is 1.31. The van der Waals surface area contributed by atoms with Crippen molar-refractivity contribution in [1.82, 2.24) is 4.90 Å². The van der Waals surface area contributed by atoms with Gasteiger partial charge in [-0.2, -0.15) is 0 Å². The first-order valence-corrected chi connectivity index (χ1v) is 11.2. The largest absolute Gasteiger partial charge is 0.332 e. The van der Waals surface area contributed by atoms with Crippen molar-refractivity contribution in [3.8, 4) is 0 Å². The lowest BCUT2D eigenvalue weighted by Gasteiger charge is -2.40. The Hall–Kier alpha value is -3.13. The molecule has 8 heteroatoms. The molecule has 6 nitrogen and oxygen atoms in total. The molecule has 0 aromatic heterocycles. The van der Waals surface area contributed by atoms with Crippen LogP contribution in [0.1, 0.15) is 22.3 Å². The van der Waals surface area contributed by atoms with E-state index in [0.717, 1.165) is 27.3 Å². The third-order valence-corrected chi connectivity index (χ3v) is 6.81. The van der Waals surface area contributed by atoms with Gasteiger partial charge in [0, 0.05) is 5.69 Å². The summed E-state index contributed by atoms with van der Waals surface area (Å²) in [7, 11) is 0. The van der Waals surface area contributed by atoms with E-state index in [1.807, 2.05) is 32.9 Å². The number of amides is 4.